The maximum Gasteiger partial charge on any atom is 0.328 e. The molecule has 0 aromatic rings. The quantitative estimate of drug-likeness (QED) is 0.356. The van der Waals surface area contributed by atoms with Gasteiger partial charge >= 0.3 is 12.1 Å². The van der Waals surface area contributed by atoms with E-state index in [0.717, 1.165) is 38.5 Å². The summed E-state index contributed by atoms with van der Waals surface area (Å²) in [6.45, 7) is 3.98. The first-order chi connectivity index (χ1) is 16.2. The second kappa shape index (κ2) is 10.7. The molecular formula is C24H36N4O6. The third-order valence-electron chi connectivity index (χ3n) is 7.80. The minimum Gasteiger partial charge on any atom is -0.277 e. The predicted octanol–water partition coefficient (Wildman–Crippen LogP) is 2.66. The van der Waals surface area contributed by atoms with E-state index in [4.69, 9.17) is 0 Å². The van der Waals surface area contributed by atoms with Gasteiger partial charge in [0.15, 0.2) is 0 Å². The summed E-state index contributed by atoms with van der Waals surface area (Å²) in [4.78, 5) is 74.3. The van der Waals surface area contributed by atoms with E-state index in [-0.39, 0.29) is 11.8 Å². The number of hydrogen-bond acceptors (Lipinski definition) is 6. The minimum absolute atomic E-state index is 0.125. The Morgan fingerprint density at radius 2 is 0.882 bits per heavy atom. The summed E-state index contributed by atoms with van der Waals surface area (Å²) in [5.41, 5.74) is -2.49. The molecule has 0 spiro atoms. The van der Waals surface area contributed by atoms with Gasteiger partial charge in [0.25, 0.3) is 0 Å². The summed E-state index contributed by atoms with van der Waals surface area (Å²) in [5.74, 6) is -1.82. The van der Waals surface area contributed by atoms with E-state index < -0.39 is 46.5 Å². The molecule has 10 heteroatoms. The number of barbiturate groups is 2. The minimum atomic E-state index is -1.24. The van der Waals surface area contributed by atoms with Crippen molar-refractivity contribution >= 4 is 35.7 Å². The Morgan fingerprint density at radius 1 is 0.588 bits per heavy atom. The number of urea groups is 2. The molecule has 188 valence electrons. The molecule has 3 rings (SSSR count). The van der Waals surface area contributed by atoms with Crippen LogP contribution in [-0.4, -0.2) is 35.7 Å². The van der Waals surface area contributed by atoms with Crippen LogP contribution in [0.25, 0.3) is 0 Å². The zero-order valence-electron chi connectivity index (χ0n) is 20.1. The van der Waals surface area contributed by atoms with E-state index in [0.29, 0.717) is 38.5 Å². The Bertz CT molecular complexity index is 752. The molecule has 3 fully saturated rings. The monoisotopic (exact) mass is 476 g/mol. The lowest BCUT2D eigenvalue weighted by molar-refractivity contribution is -0.149. The van der Waals surface area contributed by atoms with Crippen molar-refractivity contribution in [1.82, 2.24) is 21.3 Å². The Morgan fingerprint density at radius 3 is 1.15 bits per heavy atom. The highest BCUT2D eigenvalue weighted by atomic mass is 16.2. The Labute approximate surface area is 199 Å². The van der Waals surface area contributed by atoms with Gasteiger partial charge in [0.05, 0.1) is 0 Å². The first-order valence-corrected chi connectivity index (χ1v) is 12.5. The van der Waals surface area contributed by atoms with E-state index >= 15 is 0 Å². The molecule has 1 saturated carbocycles. The van der Waals surface area contributed by atoms with Gasteiger partial charge in [0, 0.05) is 0 Å². The fourth-order valence-electron chi connectivity index (χ4n) is 5.77. The molecule has 8 amide bonds. The van der Waals surface area contributed by atoms with Crippen LogP contribution in [0.3, 0.4) is 0 Å². The summed E-state index contributed by atoms with van der Waals surface area (Å²) < 4.78 is 0. The number of rotatable bonds is 10. The Kier molecular flexibility index (Phi) is 8.09. The molecule has 10 nitrogen and oxygen atoms in total. The van der Waals surface area contributed by atoms with Gasteiger partial charge in [-0.1, -0.05) is 65.2 Å². The average molecular weight is 477 g/mol. The lowest BCUT2D eigenvalue weighted by atomic mass is 9.65. The largest absolute Gasteiger partial charge is 0.328 e. The molecule has 0 atom stereocenters. The summed E-state index contributed by atoms with van der Waals surface area (Å²) in [5, 5.41) is 9.09. The van der Waals surface area contributed by atoms with Gasteiger partial charge in [0.1, 0.15) is 10.8 Å². The molecule has 4 N–H and O–H groups in total. The molecule has 0 bridgehead atoms. The van der Waals surface area contributed by atoms with Crippen molar-refractivity contribution in [3.05, 3.63) is 0 Å². The molecule has 2 saturated heterocycles. The third kappa shape index (κ3) is 5.15. The molecule has 3 aliphatic rings. The number of carbonyl (C=O) groups is 6. The van der Waals surface area contributed by atoms with Crippen molar-refractivity contribution in [1.29, 1.82) is 0 Å². The van der Waals surface area contributed by atoms with E-state index in [1.807, 2.05) is 13.8 Å². The highest BCUT2D eigenvalue weighted by molar-refractivity contribution is 6.19. The smallest absolute Gasteiger partial charge is 0.277 e. The lowest BCUT2D eigenvalue weighted by Gasteiger charge is -2.41. The SMILES string of the molecule is CCCCC1(CC2CCC(CC3(CCCC)C(=O)NC(=O)NC3=O)CC2)C(=O)NC(=O)NC1=O. The van der Waals surface area contributed by atoms with Crippen LogP contribution in [0.5, 0.6) is 0 Å². The van der Waals surface area contributed by atoms with Gasteiger partial charge < -0.3 is 0 Å². The Balaban J connectivity index is 1.67. The molecule has 0 aromatic heterocycles. The number of amides is 8. The zero-order chi connectivity index (χ0) is 24.9. The number of imide groups is 4. The second-order valence-electron chi connectivity index (χ2n) is 10.1. The van der Waals surface area contributed by atoms with Gasteiger partial charge in [-0.2, -0.15) is 0 Å². The van der Waals surface area contributed by atoms with Gasteiger partial charge in [-0.3, -0.25) is 40.4 Å². The van der Waals surface area contributed by atoms with Gasteiger partial charge in [-0.05, 0) is 37.5 Å². The summed E-state index contributed by atoms with van der Waals surface area (Å²) >= 11 is 0. The number of nitrogens with one attached hydrogen (secondary N) is 4. The first kappa shape index (κ1) is 25.8. The first-order valence-electron chi connectivity index (χ1n) is 12.5. The summed E-state index contributed by atoms with van der Waals surface area (Å²) in [7, 11) is 0. The van der Waals surface area contributed by atoms with E-state index in [1.54, 1.807) is 0 Å². The van der Waals surface area contributed by atoms with Gasteiger partial charge in [0.2, 0.25) is 23.6 Å². The van der Waals surface area contributed by atoms with Crippen LogP contribution in [0.15, 0.2) is 0 Å². The van der Waals surface area contributed by atoms with Crippen molar-refractivity contribution in [3.63, 3.8) is 0 Å². The molecule has 0 aromatic carbocycles. The normalized spacial score (nSPS) is 26.4. The fourth-order valence-corrected chi connectivity index (χ4v) is 5.77. The van der Waals surface area contributed by atoms with E-state index in [2.05, 4.69) is 21.3 Å². The summed E-state index contributed by atoms with van der Waals surface area (Å²) in [6, 6.07) is -1.54. The predicted molar refractivity (Wildman–Crippen MR) is 122 cm³/mol. The highest BCUT2D eigenvalue weighted by Crippen LogP contribution is 2.45. The van der Waals surface area contributed by atoms with Crippen LogP contribution in [0.4, 0.5) is 9.59 Å². The van der Waals surface area contributed by atoms with E-state index in [1.165, 1.54) is 0 Å². The van der Waals surface area contributed by atoms with Gasteiger partial charge in [-0.25, -0.2) is 9.59 Å². The molecule has 1 aliphatic carbocycles. The fraction of sp³-hybridized carbons (Fsp3) is 0.750. The molecule has 0 unspecified atom stereocenters. The molecule has 2 heterocycles. The second-order valence-corrected chi connectivity index (χ2v) is 10.1. The van der Waals surface area contributed by atoms with Crippen molar-refractivity contribution in [2.45, 2.75) is 90.9 Å². The van der Waals surface area contributed by atoms with Crippen LogP contribution in [0, 0.1) is 22.7 Å². The van der Waals surface area contributed by atoms with Crippen LogP contribution in [-0.2, 0) is 19.2 Å². The molecule has 0 radical (unpaired) electrons. The third-order valence-corrected chi connectivity index (χ3v) is 7.80. The van der Waals surface area contributed by atoms with Crippen molar-refractivity contribution < 1.29 is 28.8 Å². The maximum atomic E-state index is 12.8. The standard InChI is InChI=1S/C24H36N4O6/c1-3-5-11-23(17(29)25-21(33)26-18(23)30)13-15-7-9-16(10-8-15)14-24(12-6-4-2)19(31)27-22(34)28-20(24)32/h15-16H,3-14H2,1-2H3,(H2,25,26,29,30,33)(H2,27,28,31,32,34). The van der Waals surface area contributed by atoms with Crippen LogP contribution < -0.4 is 21.3 Å². The molecular weight excluding hydrogens is 440 g/mol. The number of hydrogen-bond donors (Lipinski definition) is 4. The Hall–Kier alpha value is -2.78. The molecule has 34 heavy (non-hydrogen) atoms. The lowest BCUT2D eigenvalue weighted by Crippen LogP contribution is -2.63. The number of carbonyl (C=O) groups excluding carboxylic acids is 6. The van der Waals surface area contributed by atoms with Crippen LogP contribution >= 0.6 is 0 Å². The molecule has 2 aliphatic heterocycles. The maximum absolute atomic E-state index is 12.8. The van der Waals surface area contributed by atoms with Crippen LogP contribution in [0.2, 0.25) is 0 Å². The topological polar surface area (TPSA) is 151 Å². The van der Waals surface area contributed by atoms with Crippen LogP contribution in [0.1, 0.15) is 90.9 Å². The zero-order valence-corrected chi connectivity index (χ0v) is 20.1. The van der Waals surface area contributed by atoms with Crippen molar-refractivity contribution in [2.24, 2.45) is 22.7 Å². The van der Waals surface area contributed by atoms with Crippen molar-refractivity contribution in [2.75, 3.05) is 0 Å². The van der Waals surface area contributed by atoms with E-state index in [9.17, 15) is 28.8 Å². The summed E-state index contributed by atoms with van der Waals surface area (Å²) in [6.07, 6.45) is 7.65. The highest BCUT2D eigenvalue weighted by Gasteiger charge is 2.53. The van der Waals surface area contributed by atoms with Crippen molar-refractivity contribution in [3.8, 4) is 0 Å². The number of unbranched alkanes of at least 4 members (excludes halogenated alkanes) is 2. The van der Waals surface area contributed by atoms with Gasteiger partial charge in [-0.15, -0.1) is 0 Å². The average Bonchev–Trinajstić information content (AvgIpc) is 2.78.